The summed E-state index contributed by atoms with van der Waals surface area (Å²) in [5.74, 6) is -1.88. The molecule has 0 radical (unpaired) electrons. The molecule has 4 nitrogen and oxygen atoms in total. The fraction of sp³-hybridized carbons (Fsp3) is 0.273. The number of benzene rings is 1. The number of alkyl halides is 5. The van der Waals surface area contributed by atoms with Crippen LogP contribution >= 0.6 is 11.8 Å². The summed E-state index contributed by atoms with van der Waals surface area (Å²) < 4.78 is 69.9. The Morgan fingerprint density at radius 2 is 2.00 bits per heavy atom. The number of hydrogen-bond acceptors (Lipinski definition) is 5. The highest BCUT2D eigenvalue weighted by molar-refractivity contribution is 8.00. The van der Waals surface area contributed by atoms with Crippen LogP contribution in [0.3, 0.4) is 0 Å². The zero-order valence-electron chi connectivity index (χ0n) is 10.2. The lowest BCUT2D eigenvalue weighted by Gasteiger charge is -2.13. The van der Waals surface area contributed by atoms with Crippen molar-refractivity contribution in [3.05, 3.63) is 23.3 Å². The third kappa shape index (κ3) is 4.78. The van der Waals surface area contributed by atoms with Crippen LogP contribution in [-0.2, 0) is 4.74 Å². The molecule has 0 bridgehead atoms. The van der Waals surface area contributed by atoms with Crippen molar-refractivity contribution in [2.75, 3.05) is 7.11 Å². The normalized spacial score (nSPS) is 11.1. The topological polar surface area (TPSA) is 59.3 Å². The highest BCUT2D eigenvalue weighted by Gasteiger charge is 2.32. The fourth-order valence-corrected chi connectivity index (χ4v) is 2.00. The largest absolute Gasteiger partial charge is 0.465 e. The maximum absolute atomic E-state index is 12.4. The molecule has 0 amide bonds. The van der Waals surface area contributed by atoms with Gasteiger partial charge in [-0.15, -0.1) is 0 Å². The molecular weight excluding hydrogens is 321 g/mol. The number of methoxy groups -OCH3 is 1. The van der Waals surface area contributed by atoms with Gasteiger partial charge in [0.2, 0.25) is 0 Å². The highest BCUT2D eigenvalue weighted by Crippen LogP contribution is 2.41. The van der Waals surface area contributed by atoms with Crippen LogP contribution in [0.2, 0.25) is 0 Å². The number of thioether (sulfide) groups is 1. The van der Waals surface area contributed by atoms with E-state index in [4.69, 9.17) is 5.26 Å². The van der Waals surface area contributed by atoms with Gasteiger partial charge in [-0.2, -0.15) is 27.2 Å². The van der Waals surface area contributed by atoms with Crippen molar-refractivity contribution in [3.8, 4) is 11.8 Å². The summed E-state index contributed by atoms with van der Waals surface area (Å²) in [5.41, 5.74) is -5.93. The lowest BCUT2D eigenvalue weighted by atomic mass is 10.1. The van der Waals surface area contributed by atoms with E-state index < -0.39 is 51.6 Å². The Morgan fingerprint density at radius 3 is 2.43 bits per heavy atom. The summed E-state index contributed by atoms with van der Waals surface area (Å²) in [7, 11) is 0.913. The van der Waals surface area contributed by atoms with Crippen LogP contribution in [0.15, 0.2) is 17.0 Å². The van der Waals surface area contributed by atoms with Crippen LogP contribution in [0.4, 0.5) is 22.0 Å². The molecule has 0 fully saturated rings. The molecule has 0 N–H and O–H groups in total. The Kier molecular flexibility index (Phi) is 5.37. The van der Waals surface area contributed by atoms with E-state index in [1.165, 1.54) is 6.07 Å². The first-order valence-electron chi connectivity index (χ1n) is 5.05. The Hall–Kier alpha value is -2.02. The summed E-state index contributed by atoms with van der Waals surface area (Å²) in [6.07, 6.45) is 0. The summed E-state index contributed by atoms with van der Waals surface area (Å²) >= 11 is -0.667. The molecule has 0 unspecified atom stereocenters. The second-order valence-electron chi connectivity index (χ2n) is 3.37. The van der Waals surface area contributed by atoms with Gasteiger partial charge in [0.25, 0.3) is 0 Å². The quantitative estimate of drug-likeness (QED) is 0.481. The van der Waals surface area contributed by atoms with E-state index in [9.17, 15) is 26.7 Å². The van der Waals surface area contributed by atoms with Crippen molar-refractivity contribution < 1.29 is 36.2 Å². The highest BCUT2D eigenvalue weighted by atomic mass is 32.2. The van der Waals surface area contributed by atoms with Crippen molar-refractivity contribution in [2.24, 2.45) is 0 Å². The Balaban J connectivity index is 3.42. The standard InChI is InChI=1S/C11H6F5NO3S/c1-19-9(18)6-3-7(20-10(12)13)5(4-17)2-8(6)21-11(14,15)16/h2-3,10H,1H3. The zero-order valence-corrected chi connectivity index (χ0v) is 11.0. The summed E-state index contributed by atoms with van der Waals surface area (Å²) in [6.45, 7) is -3.30. The number of rotatable bonds is 4. The van der Waals surface area contributed by atoms with Gasteiger partial charge in [-0.1, -0.05) is 0 Å². The third-order valence-corrected chi connectivity index (χ3v) is 2.84. The van der Waals surface area contributed by atoms with Crippen LogP contribution in [-0.4, -0.2) is 25.2 Å². The molecule has 0 aromatic heterocycles. The van der Waals surface area contributed by atoms with E-state index >= 15 is 0 Å². The van der Waals surface area contributed by atoms with Gasteiger partial charge in [0.15, 0.2) is 0 Å². The van der Waals surface area contributed by atoms with Crippen LogP contribution < -0.4 is 4.74 Å². The molecule has 0 atom stereocenters. The van der Waals surface area contributed by atoms with Gasteiger partial charge in [-0.05, 0) is 23.9 Å². The van der Waals surface area contributed by atoms with E-state index in [0.717, 1.165) is 7.11 Å². The molecule has 0 aliphatic rings. The van der Waals surface area contributed by atoms with Gasteiger partial charge < -0.3 is 9.47 Å². The maximum Gasteiger partial charge on any atom is 0.446 e. The molecule has 0 aliphatic heterocycles. The third-order valence-electron chi connectivity index (χ3n) is 2.05. The molecule has 1 aromatic rings. The predicted octanol–water partition coefficient (Wildman–Crippen LogP) is 3.56. The van der Waals surface area contributed by atoms with Crippen LogP contribution in [0.25, 0.3) is 0 Å². The van der Waals surface area contributed by atoms with E-state index in [-0.39, 0.29) is 0 Å². The van der Waals surface area contributed by atoms with Crippen molar-refractivity contribution in [2.45, 2.75) is 17.0 Å². The fourth-order valence-electron chi connectivity index (χ4n) is 1.32. The monoisotopic (exact) mass is 327 g/mol. The Morgan fingerprint density at radius 1 is 1.38 bits per heavy atom. The first-order valence-corrected chi connectivity index (χ1v) is 5.86. The van der Waals surface area contributed by atoms with Crippen molar-refractivity contribution in [1.82, 2.24) is 0 Å². The summed E-state index contributed by atoms with van der Waals surface area (Å²) in [5, 5.41) is 8.76. The number of ether oxygens (including phenoxy) is 2. The van der Waals surface area contributed by atoms with Gasteiger partial charge in [0.05, 0.1) is 18.2 Å². The molecule has 1 rings (SSSR count). The lowest BCUT2D eigenvalue weighted by molar-refractivity contribution is -0.0502. The van der Waals surface area contributed by atoms with Crippen molar-refractivity contribution in [1.29, 1.82) is 5.26 Å². The summed E-state index contributed by atoms with van der Waals surface area (Å²) in [6, 6.07) is 2.68. The molecule has 21 heavy (non-hydrogen) atoms. The van der Waals surface area contributed by atoms with Crippen molar-refractivity contribution in [3.63, 3.8) is 0 Å². The molecule has 0 aliphatic carbocycles. The van der Waals surface area contributed by atoms with Gasteiger partial charge >= 0.3 is 18.1 Å². The number of carbonyl (C=O) groups excluding carboxylic acids is 1. The van der Waals surface area contributed by atoms with E-state index in [1.807, 2.05) is 0 Å². The minimum atomic E-state index is -4.74. The minimum Gasteiger partial charge on any atom is -0.465 e. The number of nitriles is 1. The van der Waals surface area contributed by atoms with Crippen LogP contribution in [0.5, 0.6) is 5.75 Å². The van der Waals surface area contributed by atoms with Gasteiger partial charge in [-0.3, -0.25) is 0 Å². The van der Waals surface area contributed by atoms with E-state index in [2.05, 4.69) is 9.47 Å². The molecule has 1 aromatic carbocycles. The first-order chi connectivity index (χ1) is 9.67. The Bertz CT molecular complexity index is 582. The average molecular weight is 327 g/mol. The molecule has 10 heteroatoms. The average Bonchev–Trinajstić information content (AvgIpc) is 2.36. The van der Waals surface area contributed by atoms with Gasteiger partial charge in [0.1, 0.15) is 11.8 Å². The number of esters is 1. The molecule has 0 spiro atoms. The smallest absolute Gasteiger partial charge is 0.446 e. The zero-order chi connectivity index (χ0) is 16.2. The number of nitrogens with zero attached hydrogens (tertiary/aromatic N) is 1. The SMILES string of the molecule is COC(=O)c1cc(OC(F)F)c(C#N)cc1SC(F)(F)F. The maximum atomic E-state index is 12.4. The van der Waals surface area contributed by atoms with Crippen LogP contribution in [0, 0.1) is 11.3 Å². The molecular formula is C11H6F5NO3S. The van der Waals surface area contributed by atoms with Crippen molar-refractivity contribution >= 4 is 17.7 Å². The van der Waals surface area contributed by atoms with Gasteiger partial charge in [0, 0.05) is 4.90 Å². The first kappa shape index (κ1) is 17.0. The number of hydrogen-bond donors (Lipinski definition) is 0. The Labute approximate surface area is 119 Å². The number of halogens is 5. The number of carbonyl (C=O) groups is 1. The van der Waals surface area contributed by atoms with E-state index in [0.29, 0.717) is 12.1 Å². The molecule has 0 saturated heterocycles. The minimum absolute atomic E-state index is 0.560. The molecule has 0 saturated carbocycles. The molecule has 114 valence electrons. The predicted molar refractivity (Wildman–Crippen MR) is 61.0 cm³/mol. The lowest BCUT2D eigenvalue weighted by Crippen LogP contribution is -2.10. The second kappa shape index (κ2) is 6.62. The van der Waals surface area contributed by atoms with Crippen LogP contribution in [0.1, 0.15) is 15.9 Å². The molecule has 0 heterocycles. The van der Waals surface area contributed by atoms with E-state index in [1.54, 1.807) is 0 Å². The summed E-state index contributed by atoms with van der Waals surface area (Å²) in [4.78, 5) is 10.8. The second-order valence-corrected chi connectivity index (χ2v) is 4.48. The van der Waals surface area contributed by atoms with Gasteiger partial charge in [-0.25, -0.2) is 4.79 Å².